The van der Waals surface area contributed by atoms with Gasteiger partial charge in [-0.3, -0.25) is 0 Å². The van der Waals surface area contributed by atoms with E-state index in [9.17, 15) is 15.3 Å². The molecule has 1 saturated carbocycles. The van der Waals surface area contributed by atoms with E-state index in [1.165, 1.54) is 0 Å². The van der Waals surface area contributed by atoms with Gasteiger partial charge in [-0.1, -0.05) is 6.92 Å². The van der Waals surface area contributed by atoms with Crippen LogP contribution in [0.25, 0.3) is 0 Å². The lowest BCUT2D eigenvalue weighted by molar-refractivity contribution is -0.133. The van der Waals surface area contributed by atoms with Gasteiger partial charge in [0.1, 0.15) is 0 Å². The summed E-state index contributed by atoms with van der Waals surface area (Å²) in [6.07, 6.45) is 1.43. The van der Waals surface area contributed by atoms with Crippen molar-refractivity contribution in [3.8, 4) is 0 Å². The molecule has 0 radical (unpaired) electrons. The van der Waals surface area contributed by atoms with Gasteiger partial charge in [0.05, 0.1) is 23.9 Å². The van der Waals surface area contributed by atoms with E-state index in [0.29, 0.717) is 19.4 Å². The maximum absolute atomic E-state index is 10.3. The maximum Gasteiger partial charge on any atom is 0.158 e. The van der Waals surface area contributed by atoms with Gasteiger partial charge in [0.2, 0.25) is 0 Å². The Morgan fingerprint density at radius 2 is 2.05 bits per heavy atom. The molecule has 6 atom stereocenters. The van der Waals surface area contributed by atoms with Crippen LogP contribution in [0.1, 0.15) is 46.5 Å². The van der Waals surface area contributed by atoms with Crippen LogP contribution in [0.5, 0.6) is 0 Å². The minimum absolute atomic E-state index is 0.0129. The Bertz CT molecular complexity index is 314. The van der Waals surface area contributed by atoms with Gasteiger partial charge >= 0.3 is 0 Å². The van der Waals surface area contributed by atoms with Crippen molar-refractivity contribution in [2.45, 2.75) is 76.7 Å². The summed E-state index contributed by atoms with van der Waals surface area (Å²) in [7, 11) is 0. The smallest absolute Gasteiger partial charge is 0.158 e. The summed E-state index contributed by atoms with van der Waals surface area (Å²) in [6.45, 7) is 5.98. The molecule has 0 aromatic heterocycles. The molecule has 0 aromatic rings. The molecule has 2 rings (SSSR count). The fraction of sp³-hybridized carbons (Fsp3) is 1.00. The Morgan fingerprint density at radius 1 is 1.35 bits per heavy atom. The molecule has 3 N–H and O–H groups in total. The molecule has 0 spiro atoms. The maximum atomic E-state index is 10.3. The van der Waals surface area contributed by atoms with E-state index in [1.807, 2.05) is 6.92 Å². The lowest BCUT2D eigenvalue weighted by atomic mass is 9.70. The molecule has 5 heteroatoms. The highest BCUT2D eigenvalue weighted by Gasteiger charge is 2.52. The number of aliphatic hydroxyl groups is 3. The zero-order valence-electron chi connectivity index (χ0n) is 12.7. The predicted molar refractivity (Wildman–Crippen MR) is 74.0 cm³/mol. The molecular formula is C15H28O5. The van der Waals surface area contributed by atoms with Crippen LogP contribution in [0.4, 0.5) is 0 Å². The summed E-state index contributed by atoms with van der Waals surface area (Å²) < 4.78 is 11.4. The van der Waals surface area contributed by atoms with Crippen molar-refractivity contribution in [1.82, 2.24) is 0 Å². The average molecular weight is 288 g/mol. The van der Waals surface area contributed by atoms with E-state index in [1.54, 1.807) is 13.8 Å². The van der Waals surface area contributed by atoms with Gasteiger partial charge in [-0.05, 0) is 45.4 Å². The van der Waals surface area contributed by atoms with Crippen LogP contribution in [-0.4, -0.2) is 52.1 Å². The number of hydrogen-bond acceptors (Lipinski definition) is 5. The van der Waals surface area contributed by atoms with Crippen LogP contribution in [0, 0.1) is 11.8 Å². The first-order valence-corrected chi connectivity index (χ1v) is 7.68. The summed E-state index contributed by atoms with van der Waals surface area (Å²) >= 11 is 0. The molecule has 1 saturated heterocycles. The lowest BCUT2D eigenvalue weighted by Gasteiger charge is -2.40. The number of aliphatic hydroxyl groups excluding tert-OH is 2. The second-order valence-electron chi connectivity index (χ2n) is 6.72. The molecule has 2 aliphatic rings. The first kappa shape index (κ1) is 16.2. The van der Waals surface area contributed by atoms with Crippen LogP contribution in [-0.2, 0) is 9.47 Å². The summed E-state index contributed by atoms with van der Waals surface area (Å²) in [5.74, 6) is -0.0431. The molecule has 118 valence electrons. The van der Waals surface area contributed by atoms with E-state index in [2.05, 4.69) is 0 Å². The number of fused-ring (bicyclic) bond motifs is 2. The topological polar surface area (TPSA) is 79.2 Å². The standard InChI is InChI=1S/C15H28O5/c1-4-9(16)5-6-19-12-8-11(15(2,3)18)10-7-13(12)20-14(10)17/h9-14,16-18H,4-8H2,1-3H3. The van der Waals surface area contributed by atoms with Gasteiger partial charge in [-0.15, -0.1) is 0 Å². The average Bonchev–Trinajstić information content (AvgIpc) is 2.68. The zero-order chi connectivity index (χ0) is 14.9. The van der Waals surface area contributed by atoms with Crippen molar-refractivity contribution in [2.75, 3.05) is 6.61 Å². The van der Waals surface area contributed by atoms with Gasteiger partial charge in [-0.25, -0.2) is 0 Å². The minimum Gasteiger partial charge on any atom is -0.393 e. The molecule has 2 bridgehead atoms. The molecular weight excluding hydrogens is 260 g/mol. The fourth-order valence-electron chi connectivity index (χ4n) is 3.45. The quantitative estimate of drug-likeness (QED) is 0.681. The SMILES string of the molecule is CCC(O)CCOC1CC(C(C)(C)O)C2CC1OC2O. The zero-order valence-corrected chi connectivity index (χ0v) is 12.7. The second kappa shape index (κ2) is 6.28. The third kappa shape index (κ3) is 3.52. The van der Waals surface area contributed by atoms with Crippen LogP contribution in [0.3, 0.4) is 0 Å². The van der Waals surface area contributed by atoms with E-state index < -0.39 is 11.9 Å². The first-order chi connectivity index (χ1) is 9.32. The third-order valence-electron chi connectivity index (χ3n) is 4.76. The monoisotopic (exact) mass is 288 g/mol. The highest BCUT2D eigenvalue weighted by atomic mass is 16.6. The Kier molecular flexibility index (Phi) is 5.08. The third-order valence-corrected chi connectivity index (χ3v) is 4.76. The number of rotatable bonds is 6. The van der Waals surface area contributed by atoms with Gasteiger partial charge < -0.3 is 24.8 Å². The van der Waals surface area contributed by atoms with Crippen molar-refractivity contribution in [2.24, 2.45) is 11.8 Å². The molecule has 2 fully saturated rings. The largest absolute Gasteiger partial charge is 0.393 e. The molecule has 1 heterocycles. The van der Waals surface area contributed by atoms with E-state index in [-0.39, 0.29) is 30.1 Å². The first-order valence-electron chi connectivity index (χ1n) is 7.68. The summed E-state index contributed by atoms with van der Waals surface area (Å²) in [4.78, 5) is 0. The lowest BCUT2D eigenvalue weighted by Crippen LogP contribution is -2.45. The number of ether oxygens (including phenoxy) is 2. The van der Waals surface area contributed by atoms with Crippen LogP contribution in [0.2, 0.25) is 0 Å². The molecule has 5 nitrogen and oxygen atoms in total. The van der Waals surface area contributed by atoms with Crippen LogP contribution in [0.15, 0.2) is 0 Å². The normalized spacial score (nSPS) is 39.0. The van der Waals surface area contributed by atoms with Gasteiger partial charge in [0.25, 0.3) is 0 Å². The molecule has 0 amide bonds. The van der Waals surface area contributed by atoms with Crippen molar-refractivity contribution < 1.29 is 24.8 Å². The van der Waals surface area contributed by atoms with Gasteiger partial charge in [0.15, 0.2) is 6.29 Å². The van der Waals surface area contributed by atoms with E-state index in [0.717, 1.165) is 12.8 Å². The van der Waals surface area contributed by atoms with Gasteiger partial charge in [0, 0.05) is 12.5 Å². The molecule has 6 unspecified atom stereocenters. The van der Waals surface area contributed by atoms with Crippen molar-refractivity contribution in [1.29, 1.82) is 0 Å². The van der Waals surface area contributed by atoms with Gasteiger partial charge in [-0.2, -0.15) is 0 Å². The van der Waals surface area contributed by atoms with Crippen LogP contribution >= 0.6 is 0 Å². The Morgan fingerprint density at radius 3 is 2.65 bits per heavy atom. The highest BCUT2D eigenvalue weighted by molar-refractivity contribution is 4.98. The molecule has 1 aliphatic carbocycles. The van der Waals surface area contributed by atoms with Crippen molar-refractivity contribution in [3.05, 3.63) is 0 Å². The summed E-state index contributed by atoms with van der Waals surface area (Å²) in [5, 5.41) is 29.8. The highest BCUT2D eigenvalue weighted by Crippen LogP contribution is 2.46. The Balaban J connectivity index is 1.93. The van der Waals surface area contributed by atoms with E-state index in [4.69, 9.17) is 9.47 Å². The molecule has 0 aromatic carbocycles. The Hall–Kier alpha value is -0.200. The predicted octanol–water partition coefficient (Wildman–Crippen LogP) is 1.05. The minimum atomic E-state index is -0.852. The Labute approximate surface area is 120 Å². The molecule has 20 heavy (non-hydrogen) atoms. The second-order valence-corrected chi connectivity index (χ2v) is 6.72. The number of hydrogen-bond donors (Lipinski definition) is 3. The summed E-state index contributed by atoms with van der Waals surface area (Å²) in [5.41, 5.74) is -0.852. The van der Waals surface area contributed by atoms with Crippen molar-refractivity contribution in [3.63, 3.8) is 0 Å². The fourth-order valence-corrected chi connectivity index (χ4v) is 3.45. The van der Waals surface area contributed by atoms with Crippen molar-refractivity contribution >= 4 is 0 Å². The van der Waals surface area contributed by atoms with E-state index >= 15 is 0 Å². The molecule has 1 aliphatic heterocycles. The summed E-state index contributed by atoms with van der Waals surface area (Å²) in [6, 6.07) is 0. The van der Waals surface area contributed by atoms with Crippen LogP contribution < -0.4 is 0 Å².